The van der Waals surface area contributed by atoms with E-state index in [0.717, 1.165) is 5.56 Å². The first kappa shape index (κ1) is 19.9. The standard InChI is InChI=1S/C24H17ClFNO3/c1-14-3-2-4-16(13-14)21-20(22(28)15-5-7-17(25)8-6-15)23(29)24(30)27(21)19-11-9-18(26)10-12-19/h2-13,21,28H,1H3/b22-20-. The number of hydrogen-bond acceptors (Lipinski definition) is 3. The van der Waals surface area contributed by atoms with Crippen molar-refractivity contribution < 1.29 is 19.1 Å². The number of rotatable bonds is 3. The third-order valence-electron chi connectivity index (χ3n) is 5.02. The predicted molar refractivity (Wildman–Crippen MR) is 114 cm³/mol. The molecule has 1 atom stereocenters. The van der Waals surface area contributed by atoms with Crippen molar-refractivity contribution in [3.8, 4) is 0 Å². The van der Waals surface area contributed by atoms with Crippen LogP contribution >= 0.6 is 11.6 Å². The molecule has 1 fully saturated rings. The van der Waals surface area contributed by atoms with E-state index < -0.39 is 23.5 Å². The minimum Gasteiger partial charge on any atom is -0.507 e. The molecule has 0 saturated carbocycles. The fourth-order valence-corrected chi connectivity index (χ4v) is 3.75. The topological polar surface area (TPSA) is 57.6 Å². The molecule has 3 aromatic rings. The molecule has 6 heteroatoms. The Hall–Kier alpha value is -3.44. The molecular weight excluding hydrogens is 405 g/mol. The first-order valence-electron chi connectivity index (χ1n) is 9.26. The molecule has 1 saturated heterocycles. The van der Waals surface area contributed by atoms with Crippen molar-refractivity contribution in [3.05, 3.63) is 106 Å². The van der Waals surface area contributed by atoms with Gasteiger partial charge in [0.25, 0.3) is 11.7 Å². The summed E-state index contributed by atoms with van der Waals surface area (Å²) in [6, 6.07) is 18.2. The Morgan fingerprint density at radius 1 is 1.00 bits per heavy atom. The minimum absolute atomic E-state index is 0.0303. The van der Waals surface area contributed by atoms with Gasteiger partial charge in [0.2, 0.25) is 0 Å². The molecule has 1 N–H and O–H groups in total. The maximum Gasteiger partial charge on any atom is 0.300 e. The van der Waals surface area contributed by atoms with Gasteiger partial charge in [0, 0.05) is 16.3 Å². The normalized spacial score (nSPS) is 18.1. The Labute approximate surface area is 177 Å². The lowest BCUT2D eigenvalue weighted by Gasteiger charge is -2.25. The number of halogens is 2. The predicted octanol–water partition coefficient (Wildman–Crippen LogP) is 5.41. The maximum absolute atomic E-state index is 13.4. The summed E-state index contributed by atoms with van der Waals surface area (Å²) in [4.78, 5) is 27.3. The summed E-state index contributed by atoms with van der Waals surface area (Å²) in [5.74, 6) is -2.34. The molecule has 30 heavy (non-hydrogen) atoms. The zero-order valence-corrected chi connectivity index (χ0v) is 16.7. The number of aryl methyl sites for hydroxylation is 1. The van der Waals surface area contributed by atoms with Gasteiger partial charge in [0.05, 0.1) is 11.6 Å². The van der Waals surface area contributed by atoms with E-state index in [4.69, 9.17) is 11.6 Å². The number of nitrogens with zero attached hydrogens (tertiary/aromatic N) is 1. The van der Waals surface area contributed by atoms with Crippen molar-refractivity contribution in [2.24, 2.45) is 0 Å². The van der Waals surface area contributed by atoms with Crippen LogP contribution < -0.4 is 4.90 Å². The minimum atomic E-state index is -0.856. The lowest BCUT2D eigenvalue weighted by Crippen LogP contribution is -2.29. The Kier molecular flexibility index (Phi) is 5.14. The van der Waals surface area contributed by atoms with Crippen molar-refractivity contribution >= 4 is 34.7 Å². The highest BCUT2D eigenvalue weighted by Crippen LogP contribution is 2.42. The van der Waals surface area contributed by atoms with Gasteiger partial charge in [-0.2, -0.15) is 0 Å². The summed E-state index contributed by atoms with van der Waals surface area (Å²) in [6.07, 6.45) is 0. The Balaban J connectivity index is 1.95. The number of anilines is 1. The van der Waals surface area contributed by atoms with E-state index in [9.17, 15) is 19.1 Å². The van der Waals surface area contributed by atoms with Crippen molar-refractivity contribution in [2.75, 3.05) is 4.90 Å². The van der Waals surface area contributed by atoms with Crippen LogP contribution in [0.25, 0.3) is 5.76 Å². The van der Waals surface area contributed by atoms with Gasteiger partial charge in [-0.1, -0.05) is 41.4 Å². The van der Waals surface area contributed by atoms with Gasteiger partial charge in [-0.3, -0.25) is 14.5 Å². The molecule has 0 spiro atoms. The fourth-order valence-electron chi connectivity index (χ4n) is 3.62. The quantitative estimate of drug-likeness (QED) is 0.349. The molecule has 1 unspecified atom stereocenters. The summed E-state index contributed by atoms with van der Waals surface area (Å²) < 4.78 is 13.4. The molecule has 0 aliphatic carbocycles. The van der Waals surface area contributed by atoms with E-state index in [2.05, 4.69) is 0 Å². The lowest BCUT2D eigenvalue weighted by atomic mass is 9.94. The van der Waals surface area contributed by atoms with Crippen LogP contribution in [0.3, 0.4) is 0 Å². The zero-order valence-electron chi connectivity index (χ0n) is 16.0. The van der Waals surface area contributed by atoms with Gasteiger partial charge in [0.15, 0.2) is 0 Å². The second-order valence-electron chi connectivity index (χ2n) is 7.07. The molecule has 0 radical (unpaired) electrons. The number of benzene rings is 3. The summed E-state index contributed by atoms with van der Waals surface area (Å²) in [7, 11) is 0. The molecule has 150 valence electrons. The monoisotopic (exact) mass is 421 g/mol. The van der Waals surface area contributed by atoms with Crippen molar-refractivity contribution in [3.63, 3.8) is 0 Å². The summed E-state index contributed by atoms with van der Waals surface area (Å²) in [6.45, 7) is 1.90. The molecule has 3 aromatic carbocycles. The Morgan fingerprint density at radius 2 is 1.67 bits per heavy atom. The average Bonchev–Trinajstić information content (AvgIpc) is 3.00. The molecule has 1 aliphatic heterocycles. The van der Waals surface area contributed by atoms with E-state index in [1.807, 2.05) is 25.1 Å². The molecule has 1 heterocycles. The van der Waals surface area contributed by atoms with Gasteiger partial charge in [-0.15, -0.1) is 0 Å². The van der Waals surface area contributed by atoms with Crippen LogP contribution in [0, 0.1) is 12.7 Å². The summed E-state index contributed by atoms with van der Waals surface area (Å²) >= 11 is 5.93. The van der Waals surface area contributed by atoms with Gasteiger partial charge >= 0.3 is 0 Å². The smallest absolute Gasteiger partial charge is 0.300 e. The average molecular weight is 422 g/mol. The highest BCUT2D eigenvalue weighted by atomic mass is 35.5. The lowest BCUT2D eigenvalue weighted by molar-refractivity contribution is -0.132. The van der Waals surface area contributed by atoms with Crippen molar-refractivity contribution in [1.29, 1.82) is 0 Å². The van der Waals surface area contributed by atoms with Crippen LogP contribution in [-0.4, -0.2) is 16.8 Å². The number of amides is 1. The number of carbonyl (C=O) groups excluding carboxylic acids is 2. The number of aliphatic hydroxyl groups excluding tert-OH is 1. The van der Waals surface area contributed by atoms with Crippen LogP contribution in [0.1, 0.15) is 22.7 Å². The van der Waals surface area contributed by atoms with Crippen LogP contribution in [0.15, 0.2) is 78.4 Å². The van der Waals surface area contributed by atoms with E-state index in [1.165, 1.54) is 29.2 Å². The van der Waals surface area contributed by atoms with Gasteiger partial charge in [-0.05, 0) is 61.0 Å². The van der Waals surface area contributed by atoms with Gasteiger partial charge in [-0.25, -0.2) is 4.39 Å². The molecule has 0 bridgehead atoms. The second kappa shape index (κ2) is 7.76. The van der Waals surface area contributed by atoms with Crippen LogP contribution in [0.2, 0.25) is 5.02 Å². The summed E-state index contributed by atoms with van der Waals surface area (Å²) in [5, 5.41) is 11.5. The van der Waals surface area contributed by atoms with Crippen LogP contribution in [0.4, 0.5) is 10.1 Å². The van der Waals surface area contributed by atoms with Crippen molar-refractivity contribution in [1.82, 2.24) is 0 Å². The third kappa shape index (κ3) is 3.48. The largest absolute Gasteiger partial charge is 0.507 e. The Bertz CT molecular complexity index is 1170. The number of Topliss-reactive ketones (excluding diaryl/α,β-unsaturated/α-hetero) is 1. The SMILES string of the molecule is Cc1cccc(C2/C(=C(/O)c3ccc(Cl)cc3)C(=O)C(=O)N2c2ccc(F)cc2)c1. The molecule has 1 amide bonds. The van der Waals surface area contributed by atoms with E-state index in [0.29, 0.717) is 21.8 Å². The number of hydrogen-bond donors (Lipinski definition) is 1. The molecule has 4 rings (SSSR count). The first-order valence-corrected chi connectivity index (χ1v) is 9.63. The van der Waals surface area contributed by atoms with Gasteiger partial charge in [0.1, 0.15) is 11.6 Å². The number of ketones is 1. The van der Waals surface area contributed by atoms with E-state index in [-0.39, 0.29) is 11.3 Å². The first-order chi connectivity index (χ1) is 14.4. The number of carbonyl (C=O) groups is 2. The molecule has 0 aromatic heterocycles. The zero-order chi connectivity index (χ0) is 21.4. The molecule has 4 nitrogen and oxygen atoms in total. The fraction of sp³-hybridized carbons (Fsp3) is 0.0833. The van der Waals surface area contributed by atoms with Crippen LogP contribution in [0.5, 0.6) is 0 Å². The second-order valence-corrected chi connectivity index (χ2v) is 7.50. The van der Waals surface area contributed by atoms with Gasteiger partial charge < -0.3 is 5.11 Å². The number of aliphatic hydroxyl groups is 1. The maximum atomic E-state index is 13.4. The van der Waals surface area contributed by atoms with E-state index >= 15 is 0 Å². The van der Waals surface area contributed by atoms with E-state index in [1.54, 1.807) is 30.3 Å². The summed E-state index contributed by atoms with van der Waals surface area (Å²) in [5.41, 5.74) is 2.30. The Morgan fingerprint density at radius 3 is 2.30 bits per heavy atom. The highest BCUT2D eigenvalue weighted by Gasteiger charge is 2.46. The van der Waals surface area contributed by atoms with Crippen molar-refractivity contribution in [2.45, 2.75) is 13.0 Å². The third-order valence-corrected chi connectivity index (χ3v) is 5.28. The highest BCUT2D eigenvalue weighted by molar-refractivity contribution is 6.51. The van der Waals surface area contributed by atoms with Crippen LogP contribution in [-0.2, 0) is 9.59 Å². The molecule has 1 aliphatic rings. The molecular formula is C24H17ClFNO3.